The standard InChI is InChI=1S/C21H21N3O4S/c1-22-21(27)24-20(26)19(14-8-3-2-4-9-14)28-18(25)13-7-12-17-23-15-10-5-6-11-16(15)29-17/h2-6,8-11,19H,7,12-13H2,1H3,(H2,22,24,26,27)/t19-/m0/s1. The number of urea groups is 1. The minimum atomic E-state index is -1.19. The summed E-state index contributed by atoms with van der Waals surface area (Å²) in [5, 5.41) is 5.41. The Hall–Kier alpha value is -3.26. The SMILES string of the molecule is CNC(=O)NC(=O)[C@@H](OC(=O)CCCc1nc2ccccc2s1)c1ccccc1. The number of thiazole rings is 1. The second kappa shape index (κ2) is 9.79. The fraction of sp³-hybridized carbons (Fsp3) is 0.238. The first kappa shape index (κ1) is 20.5. The summed E-state index contributed by atoms with van der Waals surface area (Å²) in [7, 11) is 1.40. The number of para-hydroxylation sites is 1. The number of carbonyl (C=O) groups is 3. The number of nitrogens with zero attached hydrogens (tertiary/aromatic N) is 1. The van der Waals surface area contributed by atoms with Crippen LogP contribution in [0.2, 0.25) is 0 Å². The number of imide groups is 1. The van der Waals surface area contributed by atoms with E-state index in [9.17, 15) is 14.4 Å². The van der Waals surface area contributed by atoms with Crippen molar-refractivity contribution >= 4 is 39.5 Å². The van der Waals surface area contributed by atoms with Gasteiger partial charge in [0.15, 0.2) is 0 Å². The van der Waals surface area contributed by atoms with E-state index in [1.807, 2.05) is 24.3 Å². The third-order valence-corrected chi connectivity index (χ3v) is 5.26. The zero-order chi connectivity index (χ0) is 20.6. The van der Waals surface area contributed by atoms with Crippen LogP contribution in [0.4, 0.5) is 4.79 Å². The molecule has 2 N–H and O–H groups in total. The van der Waals surface area contributed by atoms with Crippen molar-refractivity contribution in [3.63, 3.8) is 0 Å². The fourth-order valence-corrected chi connectivity index (χ4v) is 3.75. The average Bonchev–Trinajstić information content (AvgIpc) is 3.15. The highest BCUT2D eigenvalue weighted by Gasteiger charge is 2.26. The Morgan fingerprint density at radius 2 is 1.79 bits per heavy atom. The maximum atomic E-state index is 12.4. The van der Waals surface area contributed by atoms with Crippen LogP contribution in [0.1, 0.15) is 29.5 Å². The Labute approximate surface area is 172 Å². The van der Waals surface area contributed by atoms with Crippen LogP contribution in [0, 0.1) is 0 Å². The number of rotatable bonds is 7. The summed E-state index contributed by atoms with van der Waals surface area (Å²) in [6.07, 6.45) is 0.155. The Morgan fingerprint density at radius 3 is 2.52 bits per heavy atom. The van der Waals surface area contributed by atoms with Crippen molar-refractivity contribution in [2.45, 2.75) is 25.4 Å². The molecule has 0 radical (unpaired) electrons. The van der Waals surface area contributed by atoms with Crippen LogP contribution in [0.3, 0.4) is 0 Å². The molecule has 150 valence electrons. The number of aryl methyl sites for hydroxylation is 1. The molecule has 8 heteroatoms. The van der Waals surface area contributed by atoms with Gasteiger partial charge in [-0.3, -0.25) is 14.9 Å². The molecule has 7 nitrogen and oxygen atoms in total. The third kappa shape index (κ3) is 5.61. The highest BCUT2D eigenvalue weighted by Crippen LogP contribution is 2.23. The van der Waals surface area contributed by atoms with Gasteiger partial charge in [-0.15, -0.1) is 11.3 Å². The molecule has 0 fully saturated rings. The van der Waals surface area contributed by atoms with Gasteiger partial charge >= 0.3 is 12.0 Å². The highest BCUT2D eigenvalue weighted by molar-refractivity contribution is 7.18. The van der Waals surface area contributed by atoms with Crippen LogP contribution < -0.4 is 10.6 Å². The lowest BCUT2D eigenvalue weighted by molar-refractivity contribution is -0.156. The summed E-state index contributed by atoms with van der Waals surface area (Å²) in [6, 6.07) is 15.8. The molecule has 0 saturated carbocycles. The van der Waals surface area contributed by atoms with Crippen molar-refractivity contribution in [2.24, 2.45) is 0 Å². The van der Waals surface area contributed by atoms with E-state index in [4.69, 9.17) is 4.74 Å². The Kier molecular flexibility index (Phi) is 6.91. The number of hydrogen-bond acceptors (Lipinski definition) is 6. The maximum Gasteiger partial charge on any atom is 0.321 e. The monoisotopic (exact) mass is 411 g/mol. The van der Waals surface area contributed by atoms with Gasteiger partial charge in [-0.2, -0.15) is 0 Å². The van der Waals surface area contributed by atoms with Gasteiger partial charge in [0.1, 0.15) is 0 Å². The minimum absolute atomic E-state index is 0.145. The summed E-state index contributed by atoms with van der Waals surface area (Å²) in [6.45, 7) is 0. The largest absolute Gasteiger partial charge is 0.447 e. The molecule has 3 aromatic rings. The van der Waals surface area contributed by atoms with Gasteiger partial charge in [0, 0.05) is 19.0 Å². The Balaban J connectivity index is 1.58. The first-order chi connectivity index (χ1) is 14.1. The summed E-state index contributed by atoms with van der Waals surface area (Å²) >= 11 is 1.60. The lowest BCUT2D eigenvalue weighted by Crippen LogP contribution is -2.41. The normalized spacial score (nSPS) is 11.6. The molecule has 0 bridgehead atoms. The Morgan fingerprint density at radius 1 is 1.07 bits per heavy atom. The van der Waals surface area contributed by atoms with E-state index in [0.717, 1.165) is 15.2 Å². The molecule has 0 aliphatic heterocycles. The van der Waals surface area contributed by atoms with Crippen molar-refractivity contribution in [2.75, 3.05) is 7.05 Å². The van der Waals surface area contributed by atoms with Gasteiger partial charge in [-0.1, -0.05) is 42.5 Å². The lowest BCUT2D eigenvalue weighted by Gasteiger charge is -2.17. The van der Waals surface area contributed by atoms with Crippen molar-refractivity contribution < 1.29 is 19.1 Å². The van der Waals surface area contributed by atoms with Crippen molar-refractivity contribution in [3.05, 3.63) is 65.2 Å². The molecule has 2 aromatic carbocycles. The number of aromatic nitrogens is 1. The predicted molar refractivity (Wildman–Crippen MR) is 110 cm³/mol. The molecule has 3 amide bonds. The quantitative estimate of drug-likeness (QED) is 0.581. The van der Waals surface area contributed by atoms with E-state index < -0.39 is 24.0 Å². The molecular formula is C21H21N3O4S. The van der Waals surface area contributed by atoms with Crippen LogP contribution in [0.15, 0.2) is 54.6 Å². The van der Waals surface area contributed by atoms with E-state index in [2.05, 4.69) is 15.6 Å². The summed E-state index contributed by atoms with van der Waals surface area (Å²) < 4.78 is 6.50. The summed E-state index contributed by atoms with van der Waals surface area (Å²) in [5.74, 6) is -1.21. The summed E-state index contributed by atoms with van der Waals surface area (Å²) in [4.78, 5) is 40.7. The highest BCUT2D eigenvalue weighted by atomic mass is 32.1. The molecule has 3 rings (SSSR count). The molecule has 0 spiro atoms. The molecule has 0 saturated heterocycles. The lowest BCUT2D eigenvalue weighted by atomic mass is 10.1. The van der Waals surface area contributed by atoms with Crippen LogP contribution in [0.5, 0.6) is 0 Å². The number of esters is 1. The van der Waals surface area contributed by atoms with Gasteiger partial charge in [-0.25, -0.2) is 9.78 Å². The van der Waals surface area contributed by atoms with Gasteiger partial charge in [0.2, 0.25) is 6.10 Å². The van der Waals surface area contributed by atoms with Gasteiger partial charge < -0.3 is 10.1 Å². The van der Waals surface area contributed by atoms with Gasteiger partial charge in [0.25, 0.3) is 5.91 Å². The van der Waals surface area contributed by atoms with E-state index in [0.29, 0.717) is 18.4 Å². The molecule has 1 atom stereocenters. The smallest absolute Gasteiger partial charge is 0.321 e. The molecule has 0 aliphatic rings. The second-order valence-corrected chi connectivity index (χ2v) is 7.39. The number of hydrogen-bond donors (Lipinski definition) is 2. The van der Waals surface area contributed by atoms with Crippen LogP contribution in [0.25, 0.3) is 10.2 Å². The molecule has 29 heavy (non-hydrogen) atoms. The van der Waals surface area contributed by atoms with E-state index in [1.165, 1.54) is 7.05 Å². The molecular weight excluding hydrogens is 390 g/mol. The molecule has 1 heterocycles. The molecule has 0 unspecified atom stereocenters. The van der Waals surface area contributed by atoms with Gasteiger partial charge in [-0.05, 0) is 25.0 Å². The zero-order valence-electron chi connectivity index (χ0n) is 15.9. The average molecular weight is 411 g/mol. The predicted octanol–water partition coefficient (Wildman–Crippen LogP) is 3.36. The van der Waals surface area contributed by atoms with E-state index in [1.54, 1.807) is 41.7 Å². The number of ether oxygens (including phenoxy) is 1. The van der Waals surface area contributed by atoms with Crippen molar-refractivity contribution in [3.8, 4) is 0 Å². The number of carbonyl (C=O) groups excluding carboxylic acids is 3. The zero-order valence-corrected chi connectivity index (χ0v) is 16.7. The topological polar surface area (TPSA) is 97.4 Å². The van der Waals surface area contributed by atoms with Crippen LogP contribution >= 0.6 is 11.3 Å². The third-order valence-electron chi connectivity index (χ3n) is 4.16. The Bertz CT molecular complexity index is 970. The number of benzene rings is 2. The number of fused-ring (bicyclic) bond motifs is 1. The van der Waals surface area contributed by atoms with Crippen molar-refractivity contribution in [1.29, 1.82) is 0 Å². The number of nitrogens with one attached hydrogen (secondary N) is 2. The fourth-order valence-electron chi connectivity index (χ4n) is 2.74. The molecule has 0 aliphatic carbocycles. The van der Waals surface area contributed by atoms with E-state index in [-0.39, 0.29) is 6.42 Å². The first-order valence-electron chi connectivity index (χ1n) is 9.18. The summed E-state index contributed by atoms with van der Waals surface area (Å²) in [5.41, 5.74) is 1.44. The van der Waals surface area contributed by atoms with Gasteiger partial charge in [0.05, 0.1) is 15.2 Å². The van der Waals surface area contributed by atoms with E-state index >= 15 is 0 Å². The maximum absolute atomic E-state index is 12.4. The van der Waals surface area contributed by atoms with Crippen LogP contribution in [-0.4, -0.2) is 29.9 Å². The number of amides is 3. The minimum Gasteiger partial charge on any atom is -0.447 e. The molecule has 1 aromatic heterocycles. The van der Waals surface area contributed by atoms with Crippen molar-refractivity contribution in [1.82, 2.24) is 15.6 Å². The first-order valence-corrected chi connectivity index (χ1v) is 10.00. The second-order valence-electron chi connectivity index (χ2n) is 6.28. The van der Waals surface area contributed by atoms with Crippen LogP contribution in [-0.2, 0) is 20.7 Å².